The number of nitrogens with one attached hydrogen (secondary N) is 1. The molecule has 1 aliphatic rings. The third-order valence-electron chi connectivity index (χ3n) is 5.78. The lowest BCUT2D eigenvalue weighted by molar-refractivity contribution is -0.128. The van der Waals surface area contributed by atoms with Crippen LogP contribution in [0.3, 0.4) is 0 Å². The second-order valence-electron chi connectivity index (χ2n) is 7.68. The molecular weight excluding hydrogens is 358 g/mol. The van der Waals surface area contributed by atoms with Crippen molar-refractivity contribution < 1.29 is 13.8 Å². The van der Waals surface area contributed by atoms with Crippen molar-refractivity contribution in [1.82, 2.24) is 0 Å². The van der Waals surface area contributed by atoms with Crippen molar-refractivity contribution in [3.05, 3.63) is 29.8 Å². The highest BCUT2D eigenvalue weighted by Gasteiger charge is 2.40. The largest absolute Gasteiger partial charge is 0.325 e. The Morgan fingerprint density at radius 1 is 1.15 bits per heavy atom. The maximum Gasteiger partial charge on any atom is 0.230 e. The Morgan fingerprint density at radius 3 is 2.44 bits per heavy atom. The van der Waals surface area contributed by atoms with Crippen molar-refractivity contribution in [2.24, 2.45) is 11.3 Å². The Balaban J connectivity index is 2.13. The number of amides is 1. The maximum atomic E-state index is 13.4. The van der Waals surface area contributed by atoms with Gasteiger partial charge in [-0.3, -0.25) is 9.59 Å². The SMILES string of the molecule is CCC(CC)CC1(C(=O)Nc2ccccc2COSC(C)=O)CCCCC1. The number of para-hydroxylation sites is 1. The minimum Gasteiger partial charge on any atom is -0.325 e. The van der Waals surface area contributed by atoms with Gasteiger partial charge in [0, 0.05) is 23.6 Å². The average Bonchev–Trinajstić information content (AvgIpc) is 2.68. The minimum atomic E-state index is -0.253. The van der Waals surface area contributed by atoms with Crippen LogP contribution in [-0.4, -0.2) is 11.0 Å². The molecule has 27 heavy (non-hydrogen) atoms. The molecule has 1 amide bonds. The molecule has 0 bridgehead atoms. The van der Waals surface area contributed by atoms with E-state index in [-0.39, 0.29) is 16.4 Å². The van der Waals surface area contributed by atoms with Gasteiger partial charge in [-0.1, -0.05) is 64.2 Å². The Hall–Kier alpha value is -1.33. The standard InChI is InChI=1S/C22H33NO3S/c1-4-18(5-2)15-22(13-9-6-10-14-22)21(25)23-20-12-8-7-11-19(20)16-26-27-17(3)24/h7-8,11-12,18H,4-6,9-10,13-16H2,1-3H3,(H,23,25). The molecule has 0 saturated heterocycles. The molecule has 1 saturated carbocycles. The first-order valence-corrected chi connectivity index (χ1v) is 10.9. The van der Waals surface area contributed by atoms with Crippen LogP contribution in [0, 0.1) is 11.3 Å². The van der Waals surface area contributed by atoms with E-state index in [1.165, 1.54) is 13.3 Å². The molecule has 4 nitrogen and oxygen atoms in total. The lowest BCUT2D eigenvalue weighted by Crippen LogP contribution is -2.39. The van der Waals surface area contributed by atoms with E-state index in [0.717, 1.165) is 68.2 Å². The third kappa shape index (κ3) is 6.35. The van der Waals surface area contributed by atoms with Crippen molar-refractivity contribution in [3.8, 4) is 0 Å². The molecule has 5 heteroatoms. The van der Waals surface area contributed by atoms with Gasteiger partial charge in [-0.2, -0.15) is 0 Å². The zero-order valence-electron chi connectivity index (χ0n) is 16.9. The fraction of sp³-hybridized carbons (Fsp3) is 0.636. The van der Waals surface area contributed by atoms with Gasteiger partial charge in [-0.25, -0.2) is 0 Å². The minimum absolute atomic E-state index is 0.0807. The van der Waals surface area contributed by atoms with Gasteiger partial charge in [0.25, 0.3) is 0 Å². The van der Waals surface area contributed by atoms with Crippen molar-refractivity contribution in [2.45, 2.75) is 78.7 Å². The molecule has 1 aromatic carbocycles. The van der Waals surface area contributed by atoms with Crippen LogP contribution in [0.2, 0.25) is 0 Å². The molecule has 1 fully saturated rings. The summed E-state index contributed by atoms with van der Waals surface area (Å²) in [6.45, 7) is 6.22. The zero-order chi connectivity index (χ0) is 19.7. The van der Waals surface area contributed by atoms with E-state index in [9.17, 15) is 9.59 Å². The van der Waals surface area contributed by atoms with E-state index < -0.39 is 0 Å². The van der Waals surface area contributed by atoms with Gasteiger partial charge in [0.2, 0.25) is 11.0 Å². The summed E-state index contributed by atoms with van der Waals surface area (Å²) in [5.74, 6) is 0.750. The molecular formula is C22H33NO3S. The molecule has 0 aromatic heterocycles. The molecule has 1 aliphatic carbocycles. The predicted octanol–water partition coefficient (Wildman–Crippen LogP) is 6.11. The number of anilines is 1. The van der Waals surface area contributed by atoms with Crippen LogP contribution in [0.1, 0.15) is 77.7 Å². The Morgan fingerprint density at radius 2 is 1.81 bits per heavy atom. The van der Waals surface area contributed by atoms with Crippen LogP contribution in [0.5, 0.6) is 0 Å². The molecule has 2 rings (SSSR count). The zero-order valence-corrected chi connectivity index (χ0v) is 17.7. The summed E-state index contributed by atoms with van der Waals surface area (Å²) < 4.78 is 5.39. The number of carbonyl (C=O) groups is 2. The second kappa shape index (κ2) is 10.9. The third-order valence-corrected chi connectivity index (χ3v) is 6.25. The van der Waals surface area contributed by atoms with Crippen LogP contribution in [0.4, 0.5) is 5.69 Å². The number of benzene rings is 1. The number of rotatable bonds is 9. The van der Waals surface area contributed by atoms with Crippen molar-refractivity contribution in [2.75, 3.05) is 5.32 Å². The van der Waals surface area contributed by atoms with Crippen LogP contribution in [0.15, 0.2) is 24.3 Å². The van der Waals surface area contributed by atoms with Gasteiger partial charge in [0.15, 0.2) is 0 Å². The van der Waals surface area contributed by atoms with Crippen molar-refractivity contribution in [1.29, 1.82) is 0 Å². The molecule has 0 radical (unpaired) electrons. The van der Waals surface area contributed by atoms with Gasteiger partial charge in [-0.15, -0.1) is 0 Å². The maximum absolute atomic E-state index is 13.4. The Kier molecular flexibility index (Phi) is 8.84. The first-order valence-electron chi connectivity index (χ1n) is 10.2. The van der Waals surface area contributed by atoms with Gasteiger partial charge in [0.1, 0.15) is 0 Å². The summed E-state index contributed by atoms with van der Waals surface area (Å²) >= 11 is 0.844. The van der Waals surface area contributed by atoms with E-state index >= 15 is 0 Å². The number of hydrogen-bond donors (Lipinski definition) is 1. The fourth-order valence-electron chi connectivity index (χ4n) is 4.08. The van der Waals surface area contributed by atoms with Crippen molar-refractivity contribution in [3.63, 3.8) is 0 Å². The lowest BCUT2D eigenvalue weighted by Gasteiger charge is -2.38. The van der Waals surface area contributed by atoms with E-state index in [1.807, 2.05) is 24.3 Å². The highest BCUT2D eigenvalue weighted by atomic mass is 32.2. The summed E-state index contributed by atoms with van der Waals surface area (Å²) in [6.07, 6.45) is 8.68. The number of carbonyl (C=O) groups excluding carboxylic acids is 2. The van der Waals surface area contributed by atoms with E-state index in [0.29, 0.717) is 12.5 Å². The predicted molar refractivity (Wildman–Crippen MR) is 112 cm³/mol. The summed E-state index contributed by atoms with van der Waals surface area (Å²) in [6, 6.07) is 7.70. The first-order chi connectivity index (χ1) is 13.0. The van der Waals surface area contributed by atoms with Gasteiger partial charge < -0.3 is 9.50 Å². The monoisotopic (exact) mass is 391 g/mol. The molecule has 150 valence electrons. The van der Waals surface area contributed by atoms with Gasteiger partial charge in [-0.05, 0) is 31.2 Å². The Labute approximate surface area is 168 Å². The topological polar surface area (TPSA) is 55.4 Å². The van der Waals surface area contributed by atoms with E-state index in [4.69, 9.17) is 4.18 Å². The molecule has 0 spiro atoms. The first kappa shape index (κ1) is 22.0. The highest BCUT2D eigenvalue weighted by Crippen LogP contribution is 2.43. The smallest absolute Gasteiger partial charge is 0.230 e. The molecule has 0 heterocycles. The van der Waals surface area contributed by atoms with E-state index in [2.05, 4.69) is 19.2 Å². The summed E-state index contributed by atoms with van der Waals surface area (Å²) in [7, 11) is 0. The molecule has 0 aliphatic heterocycles. The highest BCUT2D eigenvalue weighted by molar-refractivity contribution is 8.09. The van der Waals surface area contributed by atoms with Crippen LogP contribution in [-0.2, 0) is 20.4 Å². The van der Waals surface area contributed by atoms with Crippen molar-refractivity contribution >= 4 is 28.8 Å². The fourth-order valence-corrected chi connectivity index (χ4v) is 4.43. The van der Waals surface area contributed by atoms with Crippen LogP contribution in [0.25, 0.3) is 0 Å². The summed E-state index contributed by atoms with van der Waals surface area (Å²) in [5, 5.41) is 3.12. The second-order valence-corrected chi connectivity index (χ2v) is 8.65. The van der Waals surface area contributed by atoms with Crippen LogP contribution < -0.4 is 5.32 Å². The normalized spacial score (nSPS) is 16.3. The summed E-state index contributed by atoms with van der Waals surface area (Å²) in [4.78, 5) is 24.5. The molecule has 1 N–H and O–H groups in total. The average molecular weight is 392 g/mol. The van der Waals surface area contributed by atoms with Gasteiger partial charge >= 0.3 is 0 Å². The summed E-state index contributed by atoms with van der Waals surface area (Å²) in [5.41, 5.74) is 1.44. The molecule has 1 aromatic rings. The quantitative estimate of drug-likeness (QED) is 0.516. The van der Waals surface area contributed by atoms with E-state index in [1.54, 1.807) is 0 Å². The van der Waals surface area contributed by atoms with Gasteiger partial charge in [0.05, 0.1) is 18.6 Å². The number of hydrogen-bond acceptors (Lipinski definition) is 4. The molecule has 0 unspecified atom stereocenters. The Bertz CT molecular complexity index is 622. The van der Waals surface area contributed by atoms with Crippen LogP contribution >= 0.6 is 12.0 Å². The lowest BCUT2D eigenvalue weighted by atomic mass is 9.67. The molecule has 0 atom stereocenters.